The van der Waals surface area contributed by atoms with Gasteiger partial charge in [-0.2, -0.15) is 0 Å². The van der Waals surface area contributed by atoms with E-state index in [9.17, 15) is 9.59 Å². The first-order chi connectivity index (χ1) is 14.5. The van der Waals surface area contributed by atoms with E-state index in [2.05, 4.69) is 5.32 Å². The smallest absolute Gasteiger partial charge is 0.336 e. The van der Waals surface area contributed by atoms with Gasteiger partial charge in [0.05, 0.1) is 30.3 Å². The molecule has 2 aromatic rings. The minimum Gasteiger partial charge on any atom is -0.463 e. The molecule has 0 amide bonds. The van der Waals surface area contributed by atoms with E-state index in [4.69, 9.17) is 9.47 Å². The lowest BCUT2D eigenvalue weighted by Crippen LogP contribution is -2.32. The summed E-state index contributed by atoms with van der Waals surface area (Å²) in [5, 5.41) is 3.15. The molecule has 0 fully saturated rings. The molecule has 1 heterocycles. The Balaban J connectivity index is 2.09. The molecule has 5 nitrogen and oxygen atoms in total. The van der Waals surface area contributed by atoms with E-state index in [-0.39, 0.29) is 13.2 Å². The lowest BCUT2D eigenvalue weighted by molar-refractivity contribution is -0.139. The number of rotatable bonds is 6. The van der Waals surface area contributed by atoms with Crippen LogP contribution in [0, 0.1) is 0 Å². The van der Waals surface area contributed by atoms with Gasteiger partial charge in [0.15, 0.2) is 0 Å². The van der Waals surface area contributed by atoms with Crippen LogP contribution in [-0.4, -0.2) is 25.2 Å². The van der Waals surface area contributed by atoms with E-state index in [0.29, 0.717) is 22.5 Å². The highest BCUT2D eigenvalue weighted by molar-refractivity contribution is 5.99. The third kappa shape index (κ3) is 4.30. The Hall–Kier alpha value is -3.34. The highest BCUT2D eigenvalue weighted by atomic mass is 16.5. The van der Waals surface area contributed by atoms with Gasteiger partial charge in [0.2, 0.25) is 0 Å². The number of carbonyl (C=O) groups excluding carboxylic acids is 2. The van der Waals surface area contributed by atoms with E-state index >= 15 is 0 Å². The van der Waals surface area contributed by atoms with Crippen LogP contribution in [-0.2, 0) is 19.1 Å². The van der Waals surface area contributed by atoms with Gasteiger partial charge in [-0.25, -0.2) is 9.59 Å². The zero-order chi connectivity index (χ0) is 21.7. The maximum absolute atomic E-state index is 12.8. The van der Waals surface area contributed by atoms with Gasteiger partial charge in [0.1, 0.15) is 0 Å². The molecule has 0 unspecified atom stereocenters. The van der Waals surface area contributed by atoms with E-state index in [1.807, 2.05) is 68.4 Å². The standard InChI is InChI=1S/C25H27NO4/c1-5-29-24(27)21-16(3)26-17(4)22(25(28)30-6-2)23(21)20-14-12-19(13-15-20)18-10-8-7-9-11-18/h7-15,23,26H,5-6H2,1-4H3. The number of esters is 2. The molecule has 0 radical (unpaired) electrons. The van der Waals surface area contributed by atoms with Gasteiger partial charge in [-0.05, 0) is 44.4 Å². The normalized spacial score (nSPS) is 14.4. The summed E-state index contributed by atoms with van der Waals surface area (Å²) in [5.41, 5.74) is 5.21. The van der Waals surface area contributed by atoms with Crippen molar-refractivity contribution in [1.82, 2.24) is 5.32 Å². The molecule has 1 N–H and O–H groups in total. The average Bonchev–Trinajstić information content (AvgIpc) is 2.74. The first-order valence-electron chi connectivity index (χ1n) is 10.2. The van der Waals surface area contributed by atoms with Gasteiger partial charge in [-0.15, -0.1) is 0 Å². The van der Waals surface area contributed by atoms with Crippen molar-refractivity contribution in [2.24, 2.45) is 0 Å². The first kappa shape index (κ1) is 21.4. The van der Waals surface area contributed by atoms with Gasteiger partial charge in [0, 0.05) is 11.4 Å². The second kappa shape index (κ2) is 9.44. The zero-order valence-corrected chi connectivity index (χ0v) is 17.8. The van der Waals surface area contributed by atoms with Crippen LogP contribution in [0.3, 0.4) is 0 Å². The van der Waals surface area contributed by atoms with Crippen molar-refractivity contribution in [2.45, 2.75) is 33.6 Å². The average molecular weight is 405 g/mol. The van der Waals surface area contributed by atoms with Crippen LogP contribution < -0.4 is 5.32 Å². The third-order valence-electron chi connectivity index (χ3n) is 5.10. The summed E-state index contributed by atoms with van der Waals surface area (Å²) < 4.78 is 10.6. The van der Waals surface area contributed by atoms with E-state index in [1.165, 1.54) is 0 Å². The first-order valence-corrected chi connectivity index (χ1v) is 10.2. The van der Waals surface area contributed by atoms with E-state index in [1.54, 1.807) is 13.8 Å². The van der Waals surface area contributed by atoms with E-state index < -0.39 is 17.9 Å². The molecule has 0 saturated heterocycles. The number of hydrogen-bond acceptors (Lipinski definition) is 5. The maximum atomic E-state index is 12.8. The molecule has 0 spiro atoms. The molecule has 0 bridgehead atoms. The molecule has 0 aliphatic carbocycles. The molecule has 3 rings (SSSR count). The van der Waals surface area contributed by atoms with Crippen LogP contribution in [0.25, 0.3) is 11.1 Å². The number of dihydropyridines is 1. The van der Waals surface area contributed by atoms with Crippen molar-refractivity contribution in [1.29, 1.82) is 0 Å². The molecule has 156 valence electrons. The van der Waals surface area contributed by atoms with Crippen LogP contribution >= 0.6 is 0 Å². The number of carbonyl (C=O) groups is 2. The van der Waals surface area contributed by atoms with Crippen molar-refractivity contribution in [3.63, 3.8) is 0 Å². The molecule has 30 heavy (non-hydrogen) atoms. The molecule has 0 atom stereocenters. The minimum atomic E-state index is -0.561. The second-order valence-corrected chi connectivity index (χ2v) is 7.06. The Morgan fingerprint density at radius 2 is 1.23 bits per heavy atom. The van der Waals surface area contributed by atoms with Gasteiger partial charge in [-0.3, -0.25) is 0 Å². The fraction of sp³-hybridized carbons (Fsp3) is 0.280. The Morgan fingerprint density at radius 3 is 1.70 bits per heavy atom. The fourth-order valence-corrected chi connectivity index (χ4v) is 3.78. The summed E-state index contributed by atoms with van der Waals surface area (Å²) in [6, 6.07) is 18.0. The number of benzene rings is 2. The molecular weight excluding hydrogens is 378 g/mol. The summed E-state index contributed by atoms with van der Waals surface area (Å²) in [6.07, 6.45) is 0. The molecule has 0 saturated carbocycles. The number of allylic oxidation sites excluding steroid dienone is 2. The summed E-state index contributed by atoms with van der Waals surface area (Å²) in [6.45, 7) is 7.69. The molecule has 0 aromatic heterocycles. The monoisotopic (exact) mass is 405 g/mol. The Bertz CT molecular complexity index is 948. The van der Waals surface area contributed by atoms with Crippen LogP contribution in [0.2, 0.25) is 0 Å². The number of ether oxygens (including phenoxy) is 2. The zero-order valence-electron chi connectivity index (χ0n) is 17.8. The predicted octanol–water partition coefficient (Wildman–Crippen LogP) is 4.71. The number of hydrogen-bond donors (Lipinski definition) is 1. The van der Waals surface area contributed by atoms with Gasteiger partial charge >= 0.3 is 11.9 Å². The Labute approximate surface area is 177 Å². The van der Waals surface area contributed by atoms with Crippen molar-refractivity contribution >= 4 is 11.9 Å². The lowest BCUT2D eigenvalue weighted by atomic mass is 9.80. The highest BCUT2D eigenvalue weighted by Crippen LogP contribution is 2.39. The third-order valence-corrected chi connectivity index (χ3v) is 5.10. The summed E-state index contributed by atoms with van der Waals surface area (Å²) in [4.78, 5) is 25.6. The van der Waals surface area contributed by atoms with Gasteiger partial charge in [0.25, 0.3) is 0 Å². The number of nitrogens with one attached hydrogen (secondary N) is 1. The van der Waals surface area contributed by atoms with Crippen molar-refractivity contribution in [3.8, 4) is 11.1 Å². The van der Waals surface area contributed by atoms with Gasteiger partial charge in [-0.1, -0.05) is 54.6 Å². The van der Waals surface area contributed by atoms with Crippen molar-refractivity contribution in [3.05, 3.63) is 82.7 Å². The molecule has 5 heteroatoms. The predicted molar refractivity (Wildman–Crippen MR) is 116 cm³/mol. The molecule has 1 aliphatic rings. The lowest BCUT2D eigenvalue weighted by Gasteiger charge is -2.30. The summed E-state index contributed by atoms with van der Waals surface area (Å²) in [7, 11) is 0. The molecule has 2 aromatic carbocycles. The highest BCUT2D eigenvalue weighted by Gasteiger charge is 2.37. The minimum absolute atomic E-state index is 0.257. The summed E-state index contributed by atoms with van der Waals surface area (Å²) >= 11 is 0. The molecular formula is C25H27NO4. The largest absolute Gasteiger partial charge is 0.463 e. The maximum Gasteiger partial charge on any atom is 0.336 e. The topological polar surface area (TPSA) is 64.6 Å². The second-order valence-electron chi connectivity index (χ2n) is 7.06. The van der Waals surface area contributed by atoms with Crippen molar-refractivity contribution < 1.29 is 19.1 Å². The SMILES string of the molecule is CCOC(=O)C1=C(C)NC(C)=C(C(=O)OCC)C1c1ccc(-c2ccccc2)cc1. The van der Waals surface area contributed by atoms with Crippen molar-refractivity contribution in [2.75, 3.05) is 13.2 Å². The quantitative estimate of drug-likeness (QED) is 0.705. The van der Waals surface area contributed by atoms with Gasteiger partial charge < -0.3 is 14.8 Å². The Morgan fingerprint density at radius 1 is 0.767 bits per heavy atom. The fourth-order valence-electron chi connectivity index (χ4n) is 3.78. The van der Waals surface area contributed by atoms with E-state index in [0.717, 1.165) is 16.7 Å². The van der Waals surface area contributed by atoms with Crippen LogP contribution in [0.1, 0.15) is 39.2 Å². The summed E-state index contributed by atoms with van der Waals surface area (Å²) in [5.74, 6) is -1.43. The Kier molecular flexibility index (Phi) is 6.72. The van der Waals surface area contributed by atoms with Crippen LogP contribution in [0.15, 0.2) is 77.1 Å². The van der Waals surface area contributed by atoms with Crippen LogP contribution in [0.5, 0.6) is 0 Å². The van der Waals surface area contributed by atoms with Crippen LogP contribution in [0.4, 0.5) is 0 Å². The molecule has 1 aliphatic heterocycles.